The van der Waals surface area contributed by atoms with Gasteiger partial charge in [0.15, 0.2) is 0 Å². The van der Waals surface area contributed by atoms with Crippen molar-refractivity contribution in [3.63, 3.8) is 0 Å². The molecule has 0 aliphatic heterocycles. The van der Waals surface area contributed by atoms with E-state index in [1.807, 2.05) is 25.1 Å². The van der Waals surface area contributed by atoms with Gasteiger partial charge in [0, 0.05) is 11.2 Å². The van der Waals surface area contributed by atoms with Crippen LogP contribution < -0.4 is 5.73 Å². The Labute approximate surface area is 127 Å². The highest BCUT2D eigenvalue weighted by Gasteiger charge is 2.14. The van der Waals surface area contributed by atoms with E-state index in [0.717, 1.165) is 11.1 Å². The molecule has 1 heterocycles. The fourth-order valence-corrected chi connectivity index (χ4v) is 2.68. The Morgan fingerprint density at radius 2 is 1.89 bits per heavy atom. The molecule has 0 saturated heterocycles. The molecule has 0 spiro atoms. The third-order valence-corrected chi connectivity index (χ3v) is 3.70. The summed E-state index contributed by atoms with van der Waals surface area (Å²) >= 11 is 18.1. The number of benzene rings is 1. The van der Waals surface area contributed by atoms with Crippen LogP contribution in [0.25, 0.3) is 0 Å². The molecule has 2 N–H and O–H groups in total. The predicted molar refractivity (Wildman–Crippen MR) is 81.1 cm³/mol. The molecule has 1 aromatic heterocycles. The van der Waals surface area contributed by atoms with E-state index in [0.29, 0.717) is 27.2 Å². The highest BCUT2D eigenvalue weighted by atomic mass is 35.5. The second-order valence-electron chi connectivity index (χ2n) is 4.43. The van der Waals surface area contributed by atoms with E-state index in [1.165, 1.54) is 0 Å². The lowest BCUT2D eigenvalue weighted by atomic mass is 10.0. The Hall–Kier alpha value is -0.800. The van der Waals surface area contributed by atoms with Gasteiger partial charge in [-0.3, -0.25) is 4.98 Å². The fraction of sp³-hybridized carbons (Fsp3) is 0.214. The first kappa shape index (κ1) is 14.6. The van der Waals surface area contributed by atoms with Crippen LogP contribution in [0.4, 0.5) is 0 Å². The van der Waals surface area contributed by atoms with Crippen molar-refractivity contribution >= 4 is 34.8 Å². The van der Waals surface area contributed by atoms with Crippen molar-refractivity contribution in [3.8, 4) is 0 Å². The summed E-state index contributed by atoms with van der Waals surface area (Å²) in [5, 5.41) is 1.68. The van der Waals surface area contributed by atoms with Gasteiger partial charge < -0.3 is 5.73 Å². The van der Waals surface area contributed by atoms with E-state index in [9.17, 15) is 0 Å². The van der Waals surface area contributed by atoms with E-state index < -0.39 is 0 Å². The fourth-order valence-electron chi connectivity index (χ4n) is 1.85. The van der Waals surface area contributed by atoms with Crippen molar-refractivity contribution in [1.29, 1.82) is 0 Å². The summed E-state index contributed by atoms with van der Waals surface area (Å²) in [6.45, 7) is 1.99. The average Bonchev–Trinajstić information content (AvgIpc) is 2.32. The third-order valence-electron chi connectivity index (χ3n) is 2.84. The molecule has 0 radical (unpaired) electrons. The summed E-state index contributed by atoms with van der Waals surface area (Å²) in [6, 6.07) is 7.22. The second kappa shape index (κ2) is 6.10. The summed E-state index contributed by atoms with van der Waals surface area (Å²) in [6.07, 6.45) is 2.12. The van der Waals surface area contributed by atoms with Crippen molar-refractivity contribution in [2.75, 3.05) is 0 Å². The first-order valence-electron chi connectivity index (χ1n) is 5.79. The Morgan fingerprint density at radius 1 is 1.16 bits per heavy atom. The topological polar surface area (TPSA) is 38.9 Å². The smallest absolute Gasteiger partial charge is 0.0761 e. The van der Waals surface area contributed by atoms with Gasteiger partial charge in [-0.2, -0.15) is 0 Å². The van der Waals surface area contributed by atoms with Gasteiger partial charge in [0.05, 0.1) is 21.8 Å². The molecule has 0 bridgehead atoms. The van der Waals surface area contributed by atoms with Crippen LogP contribution in [0.15, 0.2) is 30.5 Å². The summed E-state index contributed by atoms with van der Waals surface area (Å²) in [5.41, 5.74) is 8.86. The van der Waals surface area contributed by atoms with Crippen molar-refractivity contribution < 1.29 is 0 Å². The van der Waals surface area contributed by atoms with Crippen LogP contribution in [0, 0.1) is 6.92 Å². The minimum atomic E-state index is -0.315. The number of nitrogens with two attached hydrogens (primary N) is 1. The zero-order valence-electron chi connectivity index (χ0n) is 10.3. The molecule has 2 rings (SSSR count). The first-order valence-corrected chi connectivity index (χ1v) is 6.92. The van der Waals surface area contributed by atoms with Gasteiger partial charge in [-0.05, 0) is 36.6 Å². The standard InChI is InChI=1S/C14H13Cl3N2/c1-8-2-3-9(11(16)4-8)5-13(18)14-12(17)6-10(15)7-19-14/h2-4,6-7,13H,5,18H2,1H3. The number of hydrogen-bond acceptors (Lipinski definition) is 2. The monoisotopic (exact) mass is 314 g/mol. The van der Waals surface area contributed by atoms with Crippen molar-refractivity contribution in [2.45, 2.75) is 19.4 Å². The maximum Gasteiger partial charge on any atom is 0.0761 e. The highest BCUT2D eigenvalue weighted by Crippen LogP contribution is 2.27. The van der Waals surface area contributed by atoms with Crippen LogP contribution in [0.1, 0.15) is 22.9 Å². The molecule has 1 aromatic carbocycles. The zero-order chi connectivity index (χ0) is 14.0. The normalized spacial score (nSPS) is 12.5. The van der Waals surface area contributed by atoms with Gasteiger partial charge in [0.1, 0.15) is 0 Å². The number of halogens is 3. The molecule has 0 amide bonds. The van der Waals surface area contributed by atoms with Crippen LogP contribution >= 0.6 is 34.8 Å². The SMILES string of the molecule is Cc1ccc(CC(N)c2ncc(Cl)cc2Cl)c(Cl)c1. The van der Waals surface area contributed by atoms with Crippen LogP contribution in [-0.4, -0.2) is 4.98 Å². The molecule has 2 aromatic rings. The number of hydrogen-bond donors (Lipinski definition) is 1. The molecule has 19 heavy (non-hydrogen) atoms. The van der Waals surface area contributed by atoms with E-state index in [1.54, 1.807) is 12.3 Å². The van der Waals surface area contributed by atoms with Crippen molar-refractivity contribution in [2.24, 2.45) is 5.73 Å². The molecule has 0 saturated carbocycles. The second-order valence-corrected chi connectivity index (χ2v) is 5.68. The first-order chi connectivity index (χ1) is 8.97. The number of rotatable bonds is 3. The summed E-state index contributed by atoms with van der Waals surface area (Å²) in [7, 11) is 0. The summed E-state index contributed by atoms with van der Waals surface area (Å²) in [4.78, 5) is 4.19. The number of aryl methyl sites for hydroxylation is 1. The molecule has 0 fully saturated rings. The maximum atomic E-state index is 6.20. The number of pyridine rings is 1. The molecular formula is C14H13Cl3N2. The maximum absolute atomic E-state index is 6.20. The Kier molecular flexibility index (Phi) is 4.69. The molecule has 1 unspecified atom stereocenters. The lowest BCUT2D eigenvalue weighted by Crippen LogP contribution is -2.15. The van der Waals surface area contributed by atoms with Crippen LogP contribution in [0.3, 0.4) is 0 Å². The Balaban J connectivity index is 2.23. The molecule has 0 aliphatic rings. The molecule has 2 nitrogen and oxygen atoms in total. The van der Waals surface area contributed by atoms with Gasteiger partial charge in [0.25, 0.3) is 0 Å². The van der Waals surface area contributed by atoms with E-state index in [-0.39, 0.29) is 6.04 Å². The predicted octanol–water partition coefficient (Wildman–Crippen LogP) is 4.59. The van der Waals surface area contributed by atoms with Crippen LogP contribution in [0.5, 0.6) is 0 Å². The molecular weight excluding hydrogens is 303 g/mol. The van der Waals surface area contributed by atoms with Gasteiger partial charge in [-0.1, -0.05) is 46.9 Å². The molecule has 0 aliphatic carbocycles. The highest BCUT2D eigenvalue weighted by molar-refractivity contribution is 6.34. The number of nitrogens with zero attached hydrogens (tertiary/aromatic N) is 1. The van der Waals surface area contributed by atoms with Gasteiger partial charge in [0.2, 0.25) is 0 Å². The Morgan fingerprint density at radius 3 is 2.53 bits per heavy atom. The minimum Gasteiger partial charge on any atom is -0.322 e. The van der Waals surface area contributed by atoms with Crippen LogP contribution in [-0.2, 0) is 6.42 Å². The summed E-state index contributed by atoms with van der Waals surface area (Å²) in [5.74, 6) is 0. The van der Waals surface area contributed by atoms with Gasteiger partial charge in [-0.15, -0.1) is 0 Å². The van der Waals surface area contributed by atoms with E-state index in [2.05, 4.69) is 4.98 Å². The van der Waals surface area contributed by atoms with E-state index in [4.69, 9.17) is 40.5 Å². The van der Waals surface area contributed by atoms with Crippen molar-refractivity contribution in [1.82, 2.24) is 4.98 Å². The lowest BCUT2D eigenvalue weighted by molar-refractivity contribution is 0.697. The van der Waals surface area contributed by atoms with Crippen LogP contribution in [0.2, 0.25) is 15.1 Å². The third kappa shape index (κ3) is 3.61. The summed E-state index contributed by atoms with van der Waals surface area (Å²) < 4.78 is 0. The Bertz CT molecular complexity index is 599. The minimum absolute atomic E-state index is 0.315. The van der Waals surface area contributed by atoms with Crippen molar-refractivity contribution in [3.05, 3.63) is 62.4 Å². The average molecular weight is 316 g/mol. The lowest BCUT2D eigenvalue weighted by Gasteiger charge is -2.14. The number of aromatic nitrogens is 1. The zero-order valence-corrected chi connectivity index (χ0v) is 12.6. The quantitative estimate of drug-likeness (QED) is 0.899. The largest absolute Gasteiger partial charge is 0.322 e. The molecule has 1 atom stereocenters. The van der Waals surface area contributed by atoms with E-state index >= 15 is 0 Å². The van der Waals surface area contributed by atoms with Gasteiger partial charge >= 0.3 is 0 Å². The van der Waals surface area contributed by atoms with Gasteiger partial charge in [-0.25, -0.2) is 0 Å². The molecule has 5 heteroatoms. The molecule has 100 valence electrons.